The minimum atomic E-state index is 0.0444. The van der Waals surface area contributed by atoms with Crippen molar-refractivity contribution < 1.29 is 9.32 Å². The molecule has 2 aromatic rings. The molecule has 0 spiro atoms. The lowest BCUT2D eigenvalue weighted by Gasteiger charge is -2.26. The van der Waals surface area contributed by atoms with Gasteiger partial charge in [-0.15, -0.1) is 0 Å². The van der Waals surface area contributed by atoms with Crippen molar-refractivity contribution in [3.8, 4) is 11.3 Å². The van der Waals surface area contributed by atoms with E-state index in [1.54, 1.807) is 36.1 Å². The molecule has 1 amide bonds. The van der Waals surface area contributed by atoms with Gasteiger partial charge in [0.1, 0.15) is 5.69 Å². The summed E-state index contributed by atoms with van der Waals surface area (Å²) in [6.07, 6.45) is 4.84. The smallest absolute Gasteiger partial charge is 0.228 e. The summed E-state index contributed by atoms with van der Waals surface area (Å²) in [6.45, 7) is 2.19. The summed E-state index contributed by atoms with van der Waals surface area (Å²) in [5.74, 6) is 0.692. The lowest BCUT2D eigenvalue weighted by atomic mass is 10.2. The third-order valence-corrected chi connectivity index (χ3v) is 5.28. The largest absolute Gasteiger partial charge is 0.359 e. The van der Waals surface area contributed by atoms with Gasteiger partial charge in [0.25, 0.3) is 0 Å². The Bertz CT molecular complexity index is 861. The van der Waals surface area contributed by atoms with Gasteiger partial charge in [-0.05, 0) is 24.0 Å². The van der Waals surface area contributed by atoms with Gasteiger partial charge in [0, 0.05) is 49.9 Å². The number of amidine groups is 1. The minimum Gasteiger partial charge on any atom is -0.359 e. The van der Waals surface area contributed by atoms with E-state index in [-0.39, 0.29) is 5.91 Å². The van der Waals surface area contributed by atoms with Crippen LogP contribution in [-0.2, 0) is 11.3 Å². The number of fused-ring (bicyclic) bond motifs is 1. The first-order chi connectivity index (χ1) is 12.7. The highest BCUT2D eigenvalue weighted by molar-refractivity contribution is 8.16. The van der Waals surface area contributed by atoms with Crippen LogP contribution in [0.4, 0.5) is 0 Å². The number of carbonyl (C=O) groups excluding carboxylic acids is 1. The summed E-state index contributed by atoms with van der Waals surface area (Å²) in [4.78, 5) is 25.0. The highest BCUT2D eigenvalue weighted by Gasteiger charge is 2.27. The summed E-state index contributed by atoms with van der Waals surface area (Å²) < 4.78 is 5.38. The predicted molar refractivity (Wildman–Crippen MR) is 100 cm³/mol. The summed E-state index contributed by atoms with van der Waals surface area (Å²) in [6, 6.07) is 5.62. The number of amides is 1. The second-order valence-electron chi connectivity index (χ2n) is 6.24. The monoisotopic (exact) mass is 369 g/mol. The van der Waals surface area contributed by atoms with Crippen LogP contribution in [0.5, 0.6) is 0 Å². The maximum absolute atomic E-state index is 12.6. The Labute approximate surface area is 155 Å². The van der Waals surface area contributed by atoms with E-state index in [0.717, 1.165) is 41.6 Å². The van der Waals surface area contributed by atoms with Crippen LogP contribution >= 0.6 is 11.8 Å². The zero-order chi connectivity index (χ0) is 17.9. The normalized spacial score (nSPS) is 16.1. The number of aliphatic imine (C=N–C) groups is 1. The molecule has 7 nitrogen and oxygen atoms in total. The van der Waals surface area contributed by atoms with Gasteiger partial charge in [-0.25, -0.2) is 0 Å². The molecular weight excluding hydrogens is 350 g/mol. The molecule has 4 heterocycles. The molecular formula is C18H19N5O2S. The first-order valence-corrected chi connectivity index (χ1v) is 9.36. The number of pyridine rings is 1. The number of hydrogen-bond donors (Lipinski definition) is 0. The molecule has 4 rings (SSSR count). The van der Waals surface area contributed by atoms with Crippen LogP contribution in [0.25, 0.3) is 11.3 Å². The quantitative estimate of drug-likeness (QED) is 0.807. The van der Waals surface area contributed by atoms with Crippen LogP contribution in [0.2, 0.25) is 0 Å². The van der Waals surface area contributed by atoms with Crippen molar-refractivity contribution in [2.75, 3.05) is 20.1 Å². The molecule has 0 radical (unpaired) electrons. The van der Waals surface area contributed by atoms with Crippen molar-refractivity contribution in [2.24, 2.45) is 4.99 Å². The molecule has 0 atom stereocenters. The van der Waals surface area contributed by atoms with Crippen molar-refractivity contribution in [1.29, 1.82) is 0 Å². The molecule has 0 aromatic carbocycles. The number of nitrogens with zero attached hydrogens (tertiary/aromatic N) is 5. The first kappa shape index (κ1) is 16.8. The molecule has 2 aliphatic heterocycles. The molecule has 0 N–H and O–H groups in total. The number of aromatic nitrogens is 2. The van der Waals surface area contributed by atoms with E-state index in [1.165, 1.54) is 0 Å². The van der Waals surface area contributed by atoms with E-state index in [0.29, 0.717) is 18.7 Å². The van der Waals surface area contributed by atoms with Crippen LogP contribution in [0.3, 0.4) is 0 Å². The molecule has 134 valence electrons. The molecule has 0 bridgehead atoms. The molecule has 2 aliphatic rings. The Morgan fingerprint density at radius 2 is 2.38 bits per heavy atom. The van der Waals surface area contributed by atoms with E-state index in [4.69, 9.17) is 4.52 Å². The molecule has 0 unspecified atom stereocenters. The summed E-state index contributed by atoms with van der Waals surface area (Å²) in [5.41, 5.74) is 2.64. The van der Waals surface area contributed by atoms with E-state index >= 15 is 0 Å². The van der Waals surface area contributed by atoms with Crippen molar-refractivity contribution in [2.45, 2.75) is 19.4 Å². The van der Waals surface area contributed by atoms with Crippen LogP contribution in [0.15, 0.2) is 51.2 Å². The Hall–Kier alpha value is -2.61. The zero-order valence-electron chi connectivity index (χ0n) is 14.5. The third kappa shape index (κ3) is 3.50. The Balaban J connectivity index is 1.37. The fourth-order valence-corrected chi connectivity index (χ4v) is 3.88. The van der Waals surface area contributed by atoms with Gasteiger partial charge in [0.2, 0.25) is 5.91 Å². The third-order valence-electron chi connectivity index (χ3n) is 4.33. The van der Waals surface area contributed by atoms with Crippen molar-refractivity contribution >= 4 is 22.8 Å². The van der Waals surface area contributed by atoms with Crippen LogP contribution in [0.1, 0.15) is 18.6 Å². The SMILES string of the molecule is CN(Cc1cc(-c2cccnc2)no1)C(=O)CC1=CSC2=NCCCN12. The fourth-order valence-electron chi connectivity index (χ4n) is 2.92. The number of carbonyl (C=O) groups is 1. The van der Waals surface area contributed by atoms with Crippen molar-refractivity contribution in [3.63, 3.8) is 0 Å². The van der Waals surface area contributed by atoms with E-state index in [2.05, 4.69) is 20.0 Å². The lowest BCUT2D eigenvalue weighted by molar-refractivity contribution is -0.130. The molecule has 8 heteroatoms. The molecule has 0 saturated heterocycles. The molecule has 0 aliphatic carbocycles. The van der Waals surface area contributed by atoms with Gasteiger partial charge in [0.05, 0.1) is 13.0 Å². The Kier molecular flexibility index (Phi) is 4.75. The van der Waals surface area contributed by atoms with Gasteiger partial charge >= 0.3 is 0 Å². The average molecular weight is 369 g/mol. The topological polar surface area (TPSA) is 74.8 Å². The molecule has 2 aromatic heterocycles. The number of thioether (sulfide) groups is 1. The summed E-state index contributed by atoms with van der Waals surface area (Å²) in [5, 5.41) is 7.11. The van der Waals surface area contributed by atoms with Crippen molar-refractivity contribution in [1.82, 2.24) is 19.9 Å². The number of rotatable bonds is 5. The highest BCUT2D eigenvalue weighted by atomic mass is 32.2. The van der Waals surface area contributed by atoms with E-state index in [1.807, 2.05) is 23.6 Å². The van der Waals surface area contributed by atoms with Crippen LogP contribution in [0, 0.1) is 0 Å². The minimum absolute atomic E-state index is 0.0444. The van der Waals surface area contributed by atoms with Gasteiger partial charge in [-0.3, -0.25) is 14.8 Å². The van der Waals surface area contributed by atoms with Gasteiger partial charge in [0.15, 0.2) is 10.9 Å². The second kappa shape index (κ2) is 7.33. The molecule has 26 heavy (non-hydrogen) atoms. The van der Waals surface area contributed by atoms with Gasteiger partial charge in [-0.2, -0.15) is 0 Å². The first-order valence-electron chi connectivity index (χ1n) is 8.48. The van der Waals surface area contributed by atoms with Crippen LogP contribution in [-0.4, -0.2) is 51.2 Å². The standard InChI is InChI=1S/C18H19N5O2S/c1-22(11-15-9-16(21-25-15)13-4-2-5-19-10-13)17(24)8-14-12-26-18-20-6-3-7-23(14)18/h2,4-5,9-10,12H,3,6-8,11H2,1H3. The predicted octanol–water partition coefficient (Wildman–Crippen LogP) is 2.74. The van der Waals surface area contributed by atoms with Gasteiger partial charge < -0.3 is 14.3 Å². The van der Waals surface area contributed by atoms with Crippen LogP contribution < -0.4 is 0 Å². The average Bonchev–Trinajstić information content (AvgIpc) is 3.30. The highest BCUT2D eigenvalue weighted by Crippen LogP contribution is 2.31. The summed E-state index contributed by atoms with van der Waals surface area (Å²) in [7, 11) is 1.78. The molecule has 0 saturated carbocycles. The van der Waals surface area contributed by atoms with Gasteiger partial charge in [-0.1, -0.05) is 16.9 Å². The summed E-state index contributed by atoms with van der Waals surface area (Å²) >= 11 is 1.60. The Morgan fingerprint density at radius 1 is 1.46 bits per heavy atom. The maximum atomic E-state index is 12.6. The Morgan fingerprint density at radius 3 is 3.23 bits per heavy atom. The molecule has 0 fully saturated rings. The van der Waals surface area contributed by atoms with E-state index in [9.17, 15) is 4.79 Å². The van der Waals surface area contributed by atoms with Crippen molar-refractivity contribution in [3.05, 3.63) is 47.5 Å². The fraction of sp³-hybridized carbons (Fsp3) is 0.333. The lowest BCUT2D eigenvalue weighted by Crippen LogP contribution is -2.33. The zero-order valence-corrected chi connectivity index (χ0v) is 15.3. The maximum Gasteiger partial charge on any atom is 0.228 e. The van der Waals surface area contributed by atoms with E-state index < -0.39 is 0 Å². The number of hydrogen-bond acceptors (Lipinski definition) is 7. The second-order valence-corrected chi connectivity index (χ2v) is 7.08.